The molecule has 1 heterocycles. The first-order valence-electron chi connectivity index (χ1n) is 7.72. The standard InChI is InChI=1S/C15H21BO4.C2H6/c1-10-9-11(13(17)18-6)7-8-12(10)16-19-14(2,3)15(4,5)20-16;1-2/h7-9H,1-6H3;1-2H3. The van der Waals surface area contributed by atoms with Gasteiger partial charge in [0.2, 0.25) is 0 Å². The van der Waals surface area contributed by atoms with Gasteiger partial charge in [-0.25, -0.2) is 4.79 Å². The highest BCUT2D eigenvalue weighted by atomic mass is 16.7. The number of ether oxygens (including phenoxy) is 1. The SMILES string of the molecule is CC.COC(=O)c1ccc(B2OC(C)(C)C(C)(C)O2)c(C)c1. The third kappa shape index (κ3) is 3.53. The summed E-state index contributed by atoms with van der Waals surface area (Å²) in [6.45, 7) is 14.0. The summed E-state index contributed by atoms with van der Waals surface area (Å²) in [5, 5.41) is 0. The molecule has 0 aromatic heterocycles. The van der Waals surface area contributed by atoms with Gasteiger partial charge < -0.3 is 14.0 Å². The monoisotopic (exact) mass is 306 g/mol. The zero-order chi connectivity index (χ0) is 17.1. The van der Waals surface area contributed by atoms with Gasteiger partial charge in [-0.15, -0.1) is 0 Å². The Balaban J connectivity index is 0.00000116. The maximum atomic E-state index is 11.5. The minimum atomic E-state index is -0.410. The number of rotatable bonds is 2. The minimum absolute atomic E-state index is 0.339. The van der Waals surface area contributed by atoms with E-state index in [1.807, 2.05) is 54.5 Å². The predicted molar refractivity (Wildman–Crippen MR) is 89.6 cm³/mol. The average Bonchev–Trinajstić information content (AvgIpc) is 2.68. The quantitative estimate of drug-likeness (QED) is 0.622. The van der Waals surface area contributed by atoms with Gasteiger partial charge >= 0.3 is 13.1 Å². The molecule has 1 aliphatic rings. The first-order valence-corrected chi connectivity index (χ1v) is 7.72. The van der Waals surface area contributed by atoms with Crippen molar-refractivity contribution in [2.24, 2.45) is 0 Å². The van der Waals surface area contributed by atoms with Gasteiger partial charge in [0.25, 0.3) is 0 Å². The molecule has 0 unspecified atom stereocenters. The molecule has 122 valence electrons. The second kappa shape index (κ2) is 6.84. The van der Waals surface area contributed by atoms with E-state index in [9.17, 15) is 4.79 Å². The molecule has 5 heteroatoms. The smallest absolute Gasteiger partial charge is 0.465 e. The van der Waals surface area contributed by atoms with Crippen molar-refractivity contribution in [2.45, 2.75) is 59.7 Å². The van der Waals surface area contributed by atoms with Crippen molar-refractivity contribution in [3.05, 3.63) is 29.3 Å². The lowest BCUT2D eigenvalue weighted by Crippen LogP contribution is -2.41. The molecule has 0 saturated carbocycles. The number of methoxy groups -OCH3 is 1. The molecule has 0 aliphatic carbocycles. The highest BCUT2D eigenvalue weighted by Gasteiger charge is 2.52. The van der Waals surface area contributed by atoms with Crippen LogP contribution < -0.4 is 5.46 Å². The molecule has 1 saturated heterocycles. The van der Waals surface area contributed by atoms with Crippen molar-refractivity contribution in [2.75, 3.05) is 7.11 Å². The molecule has 0 N–H and O–H groups in total. The lowest BCUT2D eigenvalue weighted by atomic mass is 9.76. The normalized spacial score (nSPS) is 18.5. The Morgan fingerprint density at radius 1 is 1.09 bits per heavy atom. The molecule has 0 atom stereocenters. The summed E-state index contributed by atoms with van der Waals surface area (Å²) >= 11 is 0. The van der Waals surface area contributed by atoms with Gasteiger partial charge in [-0.1, -0.05) is 25.5 Å². The van der Waals surface area contributed by atoms with E-state index in [1.165, 1.54) is 7.11 Å². The van der Waals surface area contributed by atoms with Gasteiger partial charge in [0.1, 0.15) is 0 Å². The van der Waals surface area contributed by atoms with Crippen LogP contribution in [0.4, 0.5) is 0 Å². The number of hydrogen-bond acceptors (Lipinski definition) is 4. The number of esters is 1. The minimum Gasteiger partial charge on any atom is -0.465 e. The van der Waals surface area contributed by atoms with Crippen LogP contribution in [0.3, 0.4) is 0 Å². The first kappa shape index (κ1) is 18.7. The lowest BCUT2D eigenvalue weighted by Gasteiger charge is -2.32. The Hall–Kier alpha value is -1.33. The van der Waals surface area contributed by atoms with E-state index in [1.54, 1.807) is 12.1 Å². The van der Waals surface area contributed by atoms with E-state index in [-0.39, 0.29) is 17.2 Å². The van der Waals surface area contributed by atoms with Crippen LogP contribution >= 0.6 is 0 Å². The number of carbonyl (C=O) groups is 1. The van der Waals surface area contributed by atoms with E-state index < -0.39 is 7.12 Å². The third-order valence-electron chi connectivity index (χ3n) is 4.20. The van der Waals surface area contributed by atoms with Crippen LogP contribution in [0.1, 0.15) is 57.5 Å². The number of hydrogen-bond donors (Lipinski definition) is 0. The van der Waals surface area contributed by atoms with Crippen LogP contribution in [-0.4, -0.2) is 31.4 Å². The van der Waals surface area contributed by atoms with Crippen molar-refractivity contribution in [1.82, 2.24) is 0 Å². The molecule has 22 heavy (non-hydrogen) atoms. The molecule has 1 aromatic carbocycles. The fourth-order valence-corrected chi connectivity index (χ4v) is 2.16. The molecule has 1 aromatic rings. The van der Waals surface area contributed by atoms with Crippen LogP contribution in [0.2, 0.25) is 0 Å². The van der Waals surface area contributed by atoms with Crippen molar-refractivity contribution < 1.29 is 18.8 Å². The van der Waals surface area contributed by atoms with E-state index in [2.05, 4.69) is 0 Å². The zero-order valence-electron chi connectivity index (χ0n) is 14.9. The van der Waals surface area contributed by atoms with E-state index in [0.29, 0.717) is 5.56 Å². The van der Waals surface area contributed by atoms with Gasteiger partial charge in [0.15, 0.2) is 0 Å². The van der Waals surface area contributed by atoms with Gasteiger partial charge in [0, 0.05) is 0 Å². The van der Waals surface area contributed by atoms with Crippen molar-refractivity contribution >= 4 is 18.6 Å². The van der Waals surface area contributed by atoms with Crippen molar-refractivity contribution in [3.8, 4) is 0 Å². The molecular formula is C17H27BO4. The Bertz CT molecular complexity index is 521. The molecule has 1 aliphatic heterocycles. The summed E-state index contributed by atoms with van der Waals surface area (Å²) in [4.78, 5) is 11.5. The number of carbonyl (C=O) groups excluding carboxylic acids is 1. The second-order valence-electron chi connectivity index (χ2n) is 6.15. The van der Waals surface area contributed by atoms with Gasteiger partial charge in [0.05, 0.1) is 23.9 Å². The van der Waals surface area contributed by atoms with E-state index in [0.717, 1.165) is 11.0 Å². The summed E-state index contributed by atoms with van der Waals surface area (Å²) in [6.07, 6.45) is 0. The van der Waals surface area contributed by atoms with Crippen LogP contribution in [0.15, 0.2) is 18.2 Å². The molecule has 0 radical (unpaired) electrons. The molecule has 1 fully saturated rings. The van der Waals surface area contributed by atoms with Crippen LogP contribution in [0, 0.1) is 6.92 Å². The first-order chi connectivity index (χ1) is 10.2. The summed E-state index contributed by atoms with van der Waals surface area (Å²) in [5.41, 5.74) is 1.68. The summed E-state index contributed by atoms with van der Waals surface area (Å²) < 4.78 is 16.8. The van der Waals surface area contributed by atoms with Crippen molar-refractivity contribution in [1.29, 1.82) is 0 Å². The molecule has 4 nitrogen and oxygen atoms in total. The fraction of sp³-hybridized carbons (Fsp3) is 0.588. The average molecular weight is 306 g/mol. The number of benzene rings is 1. The van der Waals surface area contributed by atoms with E-state index in [4.69, 9.17) is 14.0 Å². The van der Waals surface area contributed by atoms with Crippen LogP contribution in [0.5, 0.6) is 0 Å². The summed E-state index contributed by atoms with van der Waals surface area (Å²) in [6, 6.07) is 5.40. The maximum absolute atomic E-state index is 11.5. The van der Waals surface area contributed by atoms with Crippen LogP contribution in [-0.2, 0) is 14.0 Å². The maximum Gasteiger partial charge on any atom is 0.495 e. The van der Waals surface area contributed by atoms with E-state index >= 15 is 0 Å². The van der Waals surface area contributed by atoms with Gasteiger partial charge in [-0.05, 0) is 52.2 Å². The molecule has 2 rings (SSSR count). The Morgan fingerprint density at radius 2 is 1.59 bits per heavy atom. The molecule has 0 bridgehead atoms. The van der Waals surface area contributed by atoms with Crippen molar-refractivity contribution in [3.63, 3.8) is 0 Å². The summed E-state index contributed by atoms with van der Waals surface area (Å²) in [5.74, 6) is -0.339. The van der Waals surface area contributed by atoms with Gasteiger partial charge in [-0.3, -0.25) is 0 Å². The fourth-order valence-electron chi connectivity index (χ4n) is 2.16. The molecule has 0 amide bonds. The molecule has 0 spiro atoms. The highest BCUT2D eigenvalue weighted by Crippen LogP contribution is 2.36. The third-order valence-corrected chi connectivity index (χ3v) is 4.20. The van der Waals surface area contributed by atoms with Crippen LogP contribution in [0.25, 0.3) is 0 Å². The Labute approximate surface area is 134 Å². The summed E-state index contributed by atoms with van der Waals surface area (Å²) in [7, 11) is 0.964. The zero-order valence-corrected chi connectivity index (χ0v) is 14.9. The predicted octanol–water partition coefficient (Wildman–Crippen LogP) is 3.11. The number of aryl methyl sites for hydroxylation is 1. The topological polar surface area (TPSA) is 44.8 Å². The second-order valence-corrected chi connectivity index (χ2v) is 6.15. The molecular weight excluding hydrogens is 279 g/mol. The Kier molecular flexibility index (Phi) is 5.82. The lowest BCUT2D eigenvalue weighted by molar-refractivity contribution is 0.00578. The van der Waals surface area contributed by atoms with Gasteiger partial charge in [-0.2, -0.15) is 0 Å². The highest BCUT2D eigenvalue weighted by molar-refractivity contribution is 6.62. The Morgan fingerprint density at radius 3 is 2.00 bits per heavy atom. The largest absolute Gasteiger partial charge is 0.495 e.